The molecule has 142 valence electrons. The number of rotatable bonds is 2. The molecule has 28 heavy (non-hydrogen) atoms. The maximum atomic E-state index is 13.4. The van der Waals surface area contributed by atoms with Crippen LogP contribution in [0.5, 0.6) is 0 Å². The smallest absolute Gasteiger partial charge is 0.261 e. The van der Waals surface area contributed by atoms with Gasteiger partial charge < -0.3 is 14.5 Å². The quantitative estimate of drug-likeness (QED) is 0.753. The molecule has 3 aliphatic rings. The Morgan fingerprint density at radius 3 is 2.68 bits per heavy atom. The maximum Gasteiger partial charge on any atom is 0.261 e. The number of hydrogen-bond donors (Lipinski definition) is 1. The van der Waals surface area contributed by atoms with Crippen LogP contribution in [0.25, 0.3) is 11.4 Å². The van der Waals surface area contributed by atoms with Gasteiger partial charge in [0, 0.05) is 43.1 Å². The Kier molecular flexibility index (Phi) is 3.60. The minimum absolute atomic E-state index is 0.122. The fraction of sp³-hybridized carbons (Fsp3) is 0.391. The summed E-state index contributed by atoms with van der Waals surface area (Å²) in [6.07, 6.45) is 7.07. The van der Waals surface area contributed by atoms with E-state index in [1.54, 1.807) is 0 Å². The number of nitrogens with zero attached hydrogens (tertiary/aromatic N) is 3. The average molecular weight is 372 g/mol. The molecule has 2 bridgehead atoms. The van der Waals surface area contributed by atoms with Gasteiger partial charge in [-0.05, 0) is 55.0 Å². The zero-order valence-corrected chi connectivity index (χ0v) is 15.8. The van der Waals surface area contributed by atoms with Crippen molar-refractivity contribution in [1.29, 1.82) is 0 Å². The number of imidazole rings is 1. The Bertz CT molecular complexity index is 1090. The molecule has 3 aromatic rings. The Morgan fingerprint density at radius 2 is 1.86 bits per heavy atom. The van der Waals surface area contributed by atoms with Crippen LogP contribution in [-0.2, 0) is 19.4 Å². The van der Waals surface area contributed by atoms with Gasteiger partial charge in [0.25, 0.3) is 5.56 Å². The number of pyridine rings is 1. The van der Waals surface area contributed by atoms with Gasteiger partial charge in [-0.15, -0.1) is 0 Å². The zero-order valence-electron chi connectivity index (χ0n) is 15.8. The summed E-state index contributed by atoms with van der Waals surface area (Å²) in [5.41, 5.74) is 4.86. The molecule has 2 aromatic heterocycles. The van der Waals surface area contributed by atoms with Crippen LogP contribution >= 0.6 is 0 Å². The summed E-state index contributed by atoms with van der Waals surface area (Å²) in [6, 6.07) is 13.1. The molecule has 1 N–H and O–H groups in total. The highest BCUT2D eigenvalue weighted by Crippen LogP contribution is 2.34. The van der Waals surface area contributed by atoms with E-state index in [9.17, 15) is 4.79 Å². The van der Waals surface area contributed by atoms with Gasteiger partial charge in [0.05, 0.1) is 5.56 Å². The molecule has 1 aliphatic carbocycles. The number of piperidine rings is 1. The first-order valence-electron chi connectivity index (χ1n) is 10.3. The molecule has 0 saturated carbocycles. The Morgan fingerprint density at radius 1 is 1.04 bits per heavy atom. The third-order valence-electron chi connectivity index (χ3n) is 6.84. The second-order valence-corrected chi connectivity index (χ2v) is 8.53. The summed E-state index contributed by atoms with van der Waals surface area (Å²) in [7, 11) is 0. The SMILES string of the molecule is O=c1c(-c2nccn2C2Cc3ccccc3C2)ccc2n1C[C@@H]1CNC[C@H]2C1. The van der Waals surface area contributed by atoms with E-state index in [2.05, 4.69) is 45.2 Å². The van der Waals surface area contributed by atoms with Gasteiger partial charge in [0.1, 0.15) is 5.82 Å². The first-order chi connectivity index (χ1) is 13.8. The highest BCUT2D eigenvalue weighted by atomic mass is 16.1. The van der Waals surface area contributed by atoms with Crippen LogP contribution in [0.1, 0.15) is 35.2 Å². The Hall–Kier alpha value is -2.66. The van der Waals surface area contributed by atoms with E-state index in [0.717, 1.165) is 43.9 Å². The Labute approximate surface area is 164 Å². The highest BCUT2D eigenvalue weighted by molar-refractivity contribution is 5.55. The first kappa shape index (κ1) is 16.3. The van der Waals surface area contributed by atoms with Gasteiger partial charge in [-0.1, -0.05) is 24.3 Å². The third-order valence-corrected chi connectivity index (χ3v) is 6.84. The van der Waals surface area contributed by atoms with Crippen molar-refractivity contribution in [2.45, 2.75) is 37.8 Å². The van der Waals surface area contributed by atoms with E-state index in [1.165, 1.54) is 23.2 Å². The molecule has 5 heteroatoms. The zero-order chi connectivity index (χ0) is 18.7. The second kappa shape index (κ2) is 6.17. The standard InChI is InChI=1S/C23H24N4O/c28-23-20(5-6-21-18-9-15(12-24-13-18)14-27(21)23)22-25-7-8-26(22)19-10-16-3-1-2-4-17(16)11-19/h1-8,15,18-19,24H,9-14H2/t15-,18+/m0/s1. The van der Waals surface area contributed by atoms with Gasteiger partial charge in [0.2, 0.25) is 0 Å². The van der Waals surface area contributed by atoms with Crippen molar-refractivity contribution in [3.8, 4) is 11.4 Å². The largest absolute Gasteiger partial charge is 0.327 e. The first-order valence-corrected chi connectivity index (χ1v) is 10.3. The van der Waals surface area contributed by atoms with Crippen LogP contribution in [0.4, 0.5) is 0 Å². The van der Waals surface area contributed by atoms with Crippen LogP contribution in [0, 0.1) is 5.92 Å². The number of aromatic nitrogens is 3. The van der Waals surface area contributed by atoms with Crippen LogP contribution in [-0.4, -0.2) is 27.2 Å². The monoisotopic (exact) mass is 372 g/mol. The van der Waals surface area contributed by atoms with Gasteiger partial charge in [-0.2, -0.15) is 0 Å². The summed E-state index contributed by atoms with van der Waals surface area (Å²) in [5, 5.41) is 3.51. The van der Waals surface area contributed by atoms with Gasteiger partial charge in [0.15, 0.2) is 0 Å². The van der Waals surface area contributed by atoms with E-state index < -0.39 is 0 Å². The summed E-state index contributed by atoms with van der Waals surface area (Å²) >= 11 is 0. The molecule has 4 heterocycles. The molecule has 1 fully saturated rings. The van der Waals surface area contributed by atoms with Crippen LogP contribution < -0.4 is 10.9 Å². The lowest BCUT2D eigenvalue weighted by atomic mass is 9.84. The van der Waals surface area contributed by atoms with Gasteiger partial charge in [-0.3, -0.25) is 4.79 Å². The minimum atomic E-state index is 0.122. The van der Waals surface area contributed by atoms with Crippen molar-refractivity contribution in [3.63, 3.8) is 0 Å². The highest BCUT2D eigenvalue weighted by Gasteiger charge is 2.32. The third kappa shape index (κ3) is 2.42. The lowest BCUT2D eigenvalue weighted by molar-refractivity contribution is 0.257. The van der Waals surface area contributed by atoms with Crippen molar-refractivity contribution in [2.75, 3.05) is 13.1 Å². The van der Waals surface area contributed by atoms with E-state index in [1.807, 2.05) is 23.0 Å². The van der Waals surface area contributed by atoms with E-state index in [4.69, 9.17) is 0 Å². The lowest BCUT2D eigenvalue weighted by Crippen LogP contribution is -2.45. The molecule has 5 nitrogen and oxygen atoms in total. The van der Waals surface area contributed by atoms with Crippen LogP contribution in [0.15, 0.2) is 53.6 Å². The van der Waals surface area contributed by atoms with E-state index in [-0.39, 0.29) is 5.56 Å². The predicted octanol–water partition coefficient (Wildman–Crippen LogP) is 2.76. The lowest BCUT2D eigenvalue weighted by Gasteiger charge is -2.37. The number of hydrogen-bond acceptors (Lipinski definition) is 3. The van der Waals surface area contributed by atoms with Crippen molar-refractivity contribution < 1.29 is 0 Å². The van der Waals surface area contributed by atoms with Gasteiger partial charge in [-0.25, -0.2) is 4.98 Å². The van der Waals surface area contributed by atoms with Crippen molar-refractivity contribution >= 4 is 0 Å². The Balaban J connectivity index is 1.40. The topological polar surface area (TPSA) is 51.9 Å². The fourth-order valence-electron chi connectivity index (χ4n) is 5.51. The number of benzene rings is 1. The second-order valence-electron chi connectivity index (χ2n) is 8.53. The molecule has 2 aliphatic heterocycles. The summed E-state index contributed by atoms with van der Waals surface area (Å²) in [4.78, 5) is 18.0. The molecule has 6 rings (SSSR count). The van der Waals surface area contributed by atoms with E-state index in [0.29, 0.717) is 17.9 Å². The fourth-order valence-corrected chi connectivity index (χ4v) is 5.51. The van der Waals surface area contributed by atoms with Crippen LogP contribution in [0.2, 0.25) is 0 Å². The molecule has 1 aromatic carbocycles. The molecule has 0 radical (unpaired) electrons. The summed E-state index contributed by atoms with van der Waals surface area (Å²) in [5.74, 6) is 1.83. The molecule has 0 amide bonds. The molecule has 0 spiro atoms. The average Bonchev–Trinajstić information content (AvgIpc) is 3.35. The van der Waals surface area contributed by atoms with Crippen molar-refractivity contribution in [1.82, 2.24) is 19.4 Å². The molecular formula is C23H24N4O. The van der Waals surface area contributed by atoms with Crippen LogP contribution in [0.3, 0.4) is 0 Å². The molecular weight excluding hydrogens is 348 g/mol. The maximum absolute atomic E-state index is 13.4. The number of fused-ring (bicyclic) bond motifs is 5. The van der Waals surface area contributed by atoms with Crippen molar-refractivity contribution in [3.05, 3.63) is 76.0 Å². The number of nitrogens with one attached hydrogen (secondary N) is 1. The minimum Gasteiger partial charge on any atom is -0.327 e. The van der Waals surface area contributed by atoms with Crippen molar-refractivity contribution in [2.24, 2.45) is 5.92 Å². The summed E-state index contributed by atoms with van der Waals surface area (Å²) < 4.78 is 4.24. The molecule has 1 saturated heterocycles. The predicted molar refractivity (Wildman–Crippen MR) is 109 cm³/mol. The molecule has 0 unspecified atom stereocenters. The van der Waals surface area contributed by atoms with Gasteiger partial charge >= 0.3 is 0 Å². The summed E-state index contributed by atoms with van der Waals surface area (Å²) in [6.45, 7) is 2.81. The van der Waals surface area contributed by atoms with E-state index >= 15 is 0 Å². The normalized spacial score (nSPS) is 23.4. The molecule has 2 atom stereocenters.